The van der Waals surface area contributed by atoms with Crippen LogP contribution in [0.5, 0.6) is 0 Å². The molecule has 4 nitrogen and oxygen atoms in total. The highest BCUT2D eigenvalue weighted by atomic mass is 32.1. The van der Waals surface area contributed by atoms with Crippen molar-refractivity contribution in [2.45, 2.75) is 56.7 Å². The number of ether oxygens (including phenoxy) is 1. The fourth-order valence-corrected chi connectivity index (χ4v) is 5.39. The fraction of sp³-hybridized carbons (Fsp3) is 0.600. The molecule has 3 aliphatic rings. The monoisotopic (exact) mass is 287 g/mol. The molecule has 0 amide bonds. The molecule has 2 bridgehead atoms. The molecule has 104 valence electrons. The molecule has 0 saturated carbocycles. The number of nitrogens with zero attached hydrogens (tertiary/aromatic N) is 2. The summed E-state index contributed by atoms with van der Waals surface area (Å²) in [6, 6.07) is 0. The van der Waals surface area contributed by atoms with Crippen molar-refractivity contribution in [1.82, 2.24) is 9.97 Å². The summed E-state index contributed by atoms with van der Waals surface area (Å²) in [5.41, 5.74) is 7.67. The van der Waals surface area contributed by atoms with E-state index in [1.54, 1.807) is 0 Å². The fourth-order valence-electron chi connectivity index (χ4n) is 4.12. The average molecular weight is 287 g/mol. The predicted molar refractivity (Wildman–Crippen MR) is 79.1 cm³/mol. The van der Waals surface area contributed by atoms with Crippen molar-refractivity contribution in [1.29, 1.82) is 0 Å². The molecule has 2 aromatic rings. The van der Waals surface area contributed by atoms with Crippen LogP contribution >= 0.6 is 11.3 Å². The topological polar surface area (TPSA) is 61.0 Å². The van der Waals surface area contributed by atoms with E-state index >= 15 is 0 Å². The van der Waals surface area contributed by atoms with E-state index in [4.69, 9.17) is 15.5 Å². The minimum absolute atomic E-state index is 0.323. The van der Waals surface area contributed by atoms with Gasteiger partial charge in [-0.3, -0.25) is 0 Å². The van der Waals surface area contributed by atoms with Crippen molar-refractivity contribution in [2.75, 3.05) is 5.73 Å². The van der Waals surface area contributed by atoms with Crippen molar-refractivity contribution in [2.24, 2.45) is 0 Å². The maximum absolute atomic E-state index is 6.25. The zero-order chi connectivity index (χ0) is 13.3. The first-order valence-corrected chi connectivity index (χ1v) is 8.34. The van der Waals surface area contributed by atoms with E-state index in [2.05, 4.69) is 4.98 Å². The molecule has 2 saturated heterocycles. The van der Waals surface area contributed by atoms with Gasteiger partial charge in [0.1, 0.15) is 16.5 Å². The summed E-state index contributed by atoms with van der Waals surface area (Å²) in [4.78, 5) is 12.1. The van der Waals surface area contributed by atoms with E-state index in [1.807, 2.05) is 11.3 Å². The van der Waals surface area contributed by atoms with Crippen LogP contribution in [0.3, 0.4) is 0 Å². The van der Waals surface area contributed by atoms with Crippen molar-refractivity contribution in [3.05, 3.63) is 16.3 Å². The second-order valence-corrected chi connectivity index (χ2v) is 7.30. The quantitative estimate of drug-likeness (QED) is 0.876. The van der Waals surface area contributed by atoms with Gasteiger partial charge in [0, 0.05) is 10.8 Å². The van der Waals surface area contributed by atoms with E-state index in [0.29, 0.717) is 23.9 Å². The lowest BCUT2D eigenvalue weighted by molar-refractivity contribution is 0.0999. The van der Waals surface area contributed by atoms with Crippen LogP contribution < -0.4 is 5.73 Å². The van der Waals surface area contributed by atoms with Gasteiger partial charge in [0.15, 0.2) is 0 Å². The smallest absolute Gasteiger partial charge is 0.138 e. The molecule has 3 atom stereocenters. The number of rotatable bonds is 1. The Kier molecular flexibility index (Phi) is 2.25. The largest absolute Gasteiger partial charge is 0.383 e. The SMILES string of the molecule is Nc1nc(C2CC3CCC2O3)nc2sc3c(c12)CCC3. The molecule has 5 heteroatoms. The van der Waals surface area contributed by atoms with Crippen molar-refractivity contribution < 1.29 is 4.74 Å². The Balaban J connectivity index is 1.64. The maximum Gasteiger partial charge on any atom is 0.138 e. The van der Waals surface area contributed by atoms with Crippen LogP contribution in [-0.2, 0) is 17.6 Å². The molecule has 5 rings (SSSR count). The van der Waals surface area contributed by atoms with Gasteiger partial charge in [-0.05, 0) is 44.1 Å². The lowest BCUT2D eigenvalue weighted by Gasteiger charge is -2.17. The summed E-state index contributed by atoms with van der Waals surface area (Å²) in [6.07, 6.45) is 7.74. The first-order valence-electron chi connectivity index (χ1n) is 7.52. The minimum Gasteiger partial charge on any atom is -0.383 e. The second-order valence-electron chi connectivity index (χ2n) is 6.22. The summed E-state index contributed by atoms with van der Waals surface area (Å²) >= 11 is 1.82. The van der Waals surface area contributed by atoms with Crippen molar-refractivity contribution in [3.63, 3.8) is 0 Å². The summed E-state index contributed by atoms with van der Waals surface area (Å²) in [6.45, 7) is 0. The number of hydrogen-bond acceptors (Lipinski definition) is 5. The zero-order valence-electron chi connectivity index (χ0n) is 11.3. The van der Waals surface area contributed by atoms with Gasteiger partial charge in [0.25, 0.3) is 0 Å². The van der Waals surface area contributed by atoms with Gasteiger partial charge in [-0.1, -0.05) is 0 Å². The molecule has 0 radical (unpaired) electrons. The number of fused-ring (bicyclic) bond motifs is 5. The molecular weight excluding hydrogens is 270 g/mol. The van der Waals surface area contributed by atoms with Gasteiger partial charge in [0.2, 0.25) is 0 Å². The van der Waals surface area contributed by atoms with Gasteiger partial charge in [-0.25, -0.2) is 9.97 Å². The third-order valence-electron chi connectivity index (χ3n) is 5.05. The Morgan fingerprint density at radius 2 is 2.15 bits per heavy atom. The number of aryl methyl sites for hydroxylation is 2. The molecule has 0 spiro atoms. The number of thiophene rings is 1. The van der Waals surface area contributed by atoms with Crippen molar-refractivity contribution >= 4 is 27.4 Å². The van der Waals surface area contributed by atoms with Gasteiger partial charge in [0.05, 0.1) is 17.6 Å². The lowest BCUT2D eigenvalue weighted by Crippen LogP contribution is -2.17. The normalized spacial score (nSPS) is 31.3. The number of aromatic nitrogens is 2. The molecular formula is C15H17N3OS. The van der Waals surface area contributed by atoms with Crippen LogP contribution in [0.25, 0.3) is 10.2 Å². The summed E-state index contributed by atoms with van der Waals surface area (Å²) in [7, 11) is 0. The Bertz CT molecular complexity index is 711. The molecule has 3 unspecified atom stereocenters. The Hall–Kier alpha value is -1.20. The van der Waals surface area contributed by atoms with Gasteiger partial charge in [-0.15, -0.1) is 11.3 Å². The highest BCUT2D eigenvalue weighted by Gasteiger charge is 2.43. The van der Waals surface area contributed by atoms with Crippen LogP contribution in [0.1, 0.15) is 47.9 Å². The first-order chi connectivity index (χ1) is 9.79. The molecule has 2 aliphatic heterocycles. The number of nitrogen functional groups attached to an aromatic ring is 1. The number of hydrogen-bond donors (Lipinski definition) is 1. The molecule has 20 heavy (non-hydrogen) atoms. The minimum atomic E-state index is 0.323. The van der Waals surface area contributed by atoms with E-state index in [1.165, 1.54) is 29.7 Å². The molecule has 2 N–H and O–H groups in total. The first kappa shape index (κ1) is 11.5. The van der Waals surface area contributed by atoms with Gasteiger partial charge in [-0.2, -0.15) is 0 Å². The molecule has 0 aromatic carbocycles. The highest BCUT2D eigenvalue weighted by Crippen LogP contribution is 2.45. The standard InChI is InChI=1S/C15H17N3OS/c16-13-12-8-2-1-3-11(8)20-15(12)18-14(17-13)9-6-7-4-5-10(9)19-7/h7,9-10H,1-6H2,(H2,16,17,18). The maximum atomic E-state index is 6.25. The predicted octanol–water partition coefficient (Wildman–Crippen LogP) is 2.80. The van der Waals surface area contributed by atoms with Crippen LogP contribution in [0, 0.1) is 0 Å². The van der Waals surface area contributed by atoms with Crippen LogP contribution in [0.2, 0.25) is 0 Å². The average Bonchev–Trinajstić information content (AvgIpc) is 3.17. The Labute approximate surface area is 121 Å². The van der Waals surface area contributed by atoms with E-state index < -0.39 is 0 Å². The van der Waals surface area contributed by atoms with E-state index in [0.717, 1.165) is 35.3 Å². The van der Waals surface area contributed by atoms with Crippen LogP contribution in [-0.4, -0.2) is 22.2 Å². The molecule has 1 aliphatic carbocycles. The van der Waals surface area contributed by atoms with E-state index in [9.17, 15) is 0 Å². The zero-order valence-corrected chi connectivity index (χ0v) is 12.1. The van der Waals surface area contributed by atoms with Crippen LogP contribution in [0.4, 0.5) is 5.82 Å². The third-order valence-corrected chi connectivity index (χ3v) is 6.23. The number of anilines is 1. The second kappa shape index (κ2) is 3.92. The lowest BCUT2D eigenvalue weighted by atomic mass is 9.88. The summed E-state index contributed by atoms with van der Waals surface area (Å²) in [5, 5.41) is 1.13. The molecule has 2 aromatic heterocycles. The van der Waals surface area contributed by atoms with Gasteiger partial charge >= 0.3 is 0 Å². The molecule has 2 fully saturated rings. The Morgan fingerprint density at radius 1 is 1.20 bits per heavy atom. The van der Waals surface area contributed by atoms with Crippen LogP contribution in [0.15, 0.2) is 0 Å². The van der Waals surface area contributed by atoms with Gasteiger partial charge < -0.3 is 10.5 Å². The summed E-state index contributed by atoms with van der Waals surface area (Å²) < 4.78 is 5.94. The van der Waals surface area contributed by atoms with E-state index in [-0.39, 0.29) is 0 Å². The highest BCUT2D eigenvalue weighted by molar-refractivity contribution is 7.19. The summed E-state index contributed by atoms with van der Waals surface area (Å²) in [5.74, 6) is 1.96. The number of nitrogens with two attached hydrogens (primary N) is 1. The third kappa shape index (κ3) is 1.45. The molecule has 4 heterocycles. The Morgan fingerprint density at radius 3 is 2.95 bits per heavy atom. The van der Waals surface area contributed by atoms with Crippen molar-refractivity contribution in [3.8, 4) is 0 Å².